The molecule has 1 aromatic heterocycles. The Morgan fingerprint density at radius 3 is 2.60 bits per heavy atom. The number of benzene rings is 1. The highest BCUT2D eigenvalue weighted by molar-refractivity contribution is 5.96. The molecule has 0 fully saturated rings. The van der Waals surface area contributed by atoms with E-state index >= 15 is 0 Å². The molecule has 0 saturated heterocycles. The minimum Gasteiger partial charge on any atom is -0.496 e. The van der Waals surface area contributed by atoms with Gasteiger partial charge in [-0.15, -0.1) is 0 Å². The van der Waals surface area contributed by atoms with E-state index < -0.39 is 0 Å². The fourth-order valence-corrected chi connectivity index (χ4v) is 2.56. The topological polar surface area (TPSA) is 51.4 Å². The maximum absolute atomic E-state index is 6.01. The van der Waals surface area contributed by atoms with Crippen LogP contribution in [0.3, 0.4) is 0 Å². The highest BCUT2D eigenvalue weighted by Gasteiger charge is 2.16. The summed E-state index contributed by atoms with van der Waals surface area (Å²) >= 11 is 0. The molecule has 0 aliphatic carbocycles. The second-order valence-corrected chi connectivity index (χ2v) is 5.50. The summed E-state index contributed by atoms with van der Waals surface area (Å²) in [5.41, 5.74) is 10.3. The van der Waals surface area contributed by atoms with Crippen molar-refractivity contribution in [1.82, 2.24) is 4.98 Å². The number of ether oxygens (including phenoxy) is 1. The van der Waals surface area contributed by atoms with Crippen LogP contribution in [0.5, 0.6) is 5.75 Å². The van der Waals surface area contributed by atoms with Gasteiger partial charge in [-0.05, 0) is 38.5 Å². The van der Waals surface area contributed by atoms with E-state index in [1.54, 1.807) is 7.11 Å². The van der Waals surface area contributed by atoms with Gasteiger partial charge < -0.3 is 15.4 Å². The van der Waals surface area contributed by atoms with Crippen LogP contribution in [0.15, 0.2) is 18.2 Å². The Labute approximate surface area is 120 Å². The van der Waals surface area contributed by atoms with Crippen molar-refractivity contribution < 1.29 is 4.74 Å². The first kappa shape index (κ1) is 14.6. The number of methoxy groups -OCH3 is 1. The molecule has 0 aliphatic heterocycles. The number of aryl methyl sites for hydroxylation is 1. The van der Waals surface area contributed by atoms with Gasteiger partial charge in [0, 0.05) is 42.5 Å². The van der Waals surface area contributed by atoms with Crippen molar-refractivity contribution in [2.75, 3.05) is 26.1 Å². The van der Waals surface area contributed by atoms with Crippen LogP contribution in [0, 0.1) is 6.92 Å². The molecule has 1 unspecified atom stereocenters. The lowest BCUT2D eigenvalue weighted by atomic mass is 9.99. The van der Waals surface area contributed by atoms with Gasteiger partial charge in [0.1, 0.15) is 5.75 Å². The van der Waals surface area contributed by atoms with Gasteiger partial charge in [0.2, 0.25) is 0 Å². The van der Waals surface area contributed by atoms with Crippen molar-refractivity contribution in [2.45, 2.75) is 26.3 Å². The van der Waals surface area contributed by atoms with Crippen LogP contribution < -0.4 is 15.4 Å². The maximum Gasteiger partial charge on any atom is 0.122 e. The monoisotopic (exact) mass is 273 g/mol. The summed E-state index contributed by atoms with van der Waals surface area (Å²) in [7, 11) is 5.79. The van der Waals surface area contributed by atoms with Gasteiger partial charge in [-0.25, -0.2) is 0 Å². The Morgan fingerprint density at radius 1 is 1.35 bits per heavy atom. The van der Waals surface area contributed by atoms with E-state index in [2.05, 4.69) is 16.0 Å². The zero-order valence-electron chi connectivity index (χ0n) is 12.9. The molecule has 1 heterocycles. The number of nitrogens with two attached hydrogens (primary N) is 1. The Kier molecular flexibility index (Phi) is 4.14. The zero-order valence-corrected chi connectivity index (χ0v) is 12.9. The largest absolute Gasteiger partial charge is 0.496 e. The van der Waals surface area contributed by atoms with Crippen molar-refractivity contribution in [1.29, 1.82) is 0 Å². The highest BCUT2D eigenvalue weighted by Crippen LogP contribution is 2.34. The first-order chi connectivity index (χ1) is 9.43. The number of rotatable bonds is 4. The van der Waals surface area contributed by atoms with Crippen molar-refractivity contribution in [3.8, 4) is 5.75 Å². The quantitative estimate of drug-likeness (QED) is 0.930. The summed E-state index contributed by atoms with van der Waals surface area (Å²) < 4.78 is 5.52. The Balaban J connectivity index is 2.82. The molecule has 0 saturated carbocycles. The fraction of sp³-hybridized carbons (Fsp3) is 0.438. The van der Waals surface area contributed by atoms with Gasteiger partial charge >= 0.3 is 0 Å². The van der Waals surface area contributed by atoms with Crippen LogP contribution >= 0.6 is 0 Å². The summed E-state index contributed by atoms with van der Waals surface area (Å²) in [6.45, 7) is 4.02. The van der Waals surface area contributed by atoms with Crippen LogP contribution in [0.1, 0.15) is 18.2 Å². The predicted octanol–water partition coefficient (Wildman–Crippen LogP) is 2.51. The summed E-state index contributed by atoms with van der Waals surface area (Å²) in [5.74, 6) is 0.878. The number of hydrogen-bond donors (Lipinski definition) is 1. The van der Waals surface area contributed by atoms with Crippen LogP contribution in [0.4, 0.5) is 5.69 Å². The molecule has 4 nitrogen and oxygen atoms in total. The van der Waals surface area contributed by atoms with Crippen molar-refractivity contribution in [3.05, 3.63) is 29.5 Å². The van der Waals surface area contributed by atoms with Gasteiger partial charge in [-0.3, -0.25) is 4.98 Å². The van der Waals surface area contributed by atoms with Crippen molar-refractivity contribution in [3.63, 3.8) is 0 Å². The van der Waals surface area contributed by atoms with Crippen LogP contribution in [-0.2, 0) is 6.42 Å². The number of anilines is 1. The summed E-state index contributed by atoms with van der Waals surface area (Å²) in [6.07, 6.45) is 0.770. The molecule has 2 rings (SSSR count). The Bertz CT molecular complexity index is 621. The normalized spacial score (nSPS) is 12.5. The van der Waals surface area contributed by atoms with Gasteiger partial charge in [0.05, 0.1) is 12.6 Å². The minimum atomic E-state index is 0.0748. The first-order valence-corrected chi connectivity index (χ1v) is 6.84. The third-order valence-corrected chi connectivity index (χ3v) is 3.37. The number of aromatic nitrogens is 1. The standard InChI is InChI=1S/C16H23N3O/c1-10(17)8-12-15(20-5)7-6-13-16(12)14(19(3)4)9-11(2)18-13/h6-7,9-10H,8,17H2,1-5H3. The molecule has 1 atom stereocenters. The van der Waals surface area contributed by atoms with E-state index in [9.17, 15) is 0 Å². The third kappa shape index (κ3) is 2.70. The molecular weight excluding hydrogens is 250 g/mol. The zero-order chi connectivity index (χ0) is 14.9. The molecule has 2 aromatic rings. The summed E-state index contributed by atoms with van der Waals surface area (Å²) in [6, 6.07) is 6.17. The van der Waals surface area contributed by atoms with E-state index in [4.69, 9.17) is 10.5 Å². The van der Waals surface area contributed by atoms with E-state index in [-0.39, 0.29) is 6.04 Å². The number of hydrogen-bond acceptors (Lipinski definition) is 4. The second-order valence-electron chi connectivity index (χ2n) is 5.50. The van der Waals surface area contributed by atoms with E-state index in [0.29, 0.717) is 0 Å². The van der Waals surface area contributed by atoms with Crippen molar-refractivity contribution in [2.24, 2.45) is 5.73 Å². The molecule has 2 N–H and O–H groups in total. The summed E-state index contributed by atoms with van der Waals surface area (Å²) in [4.78, 5) is 6.75. The molecule has 4 heteroatoms. The van der Waals surface area contributed by atoms with Gasteiger partial charge in [0.15, 0.2) is 0 Å². The number of nitrogens with zero attached hydrogens (tertiary/aromatic N) is 2. The van der Waals surface area contributed by atoms with Crippen LogP contribution in [0.25, 0.3) is 10.9 Å². The molecule has 0 amide bonds. The lowest BCUT2D eigenvalue weighted by Gasteiger charge is -2.21. The Morgan fingerprint density at radius 2 is 2.05 bits per heavy atom. The lowest BCUT2D eigenvalue weighted by molar-refractivity contribution is 0.409. The van der Waals surface area contributed by atoms with E-state index in [1.807, 2.05) is 40.1 Å². The van der Waals surface area contributed by atoms with Gasteiger partial charge in [-0.2, -0.15) is 0 Å². The molecule has 0 radical (unpaired) electrons. The molecule has 0 bridgehead atoms. The molecule has 108 valence electrons. The highest BCUT2D eigenvalue weighted by atomic mass is 16.5. The maximum atomic E-state index is 6.01. The minimum absolute atomic E-state index is 0.0748. The van der Waals surface area contributed by atoms with Crippen LogP contribution in [0.2, 0.25) is 0 Å². The van der Waals surface area contributed by atoms with Crippen molar-refractivity contribution >= 4 is 16.6 Å². The number of fused-ring (bicyclic) bond motifs is 1. The number of pyridine rings is 1. The molecule has 1 aromatic carbocycles. The smallest absolute Gasteiger partial charge is 0.122 e. The SMILES string of the molecule is COc1ccc2nc(C)cc(N(C)C)c2c1CC(C)N. The average Bonchev–Trinajstić information content (AvgIpc) is 2.37. The lowest BCUT2D eigenvalue weighted by Crippen LogP contribution is -2.19. The second kappa shape index (κ2) is 5.67. The summed E-state index contributed by atoms with van der Waals surface area (Å²) in [5, 5.41) is 1.14. The molecule has 0 spiro atoms. The predicted molar refractivity (Wildman–Crippen MR) is 84.7 cm³/mol. The fourth-order valence-electron chi connectivity index (χ4n) is 2.56. The van der Waals surface area contributed by atoms with Gasteiger partial charge in [0.25, 0.3) is 0 Å². The average molecular weight is 273 g/mol. The molecule has 0 aliphatic rings. The first-order valence-electron chi connectivity index (χ1n) is 6.84. The molecule has 20 heavy (non-hydrogen) atoms. The van der Waals surface area contributed by atoms with E-state index in [1.165, 1.54) is 0 Å². The van der Waals surface area contributed by atoms with Crippen LogP contribution in [-0.4, -0.2) is 32.2 Å². The molecular formula is C16H23N3O. The van der Waals surface area contributed by atoms with E-state index in [0.717, 1.165) is 40.0 Å². The Hall–Kier alpha value is -1.81. The van der Waals surface area contributed by atoms with Gasteiger partial charge in [-0.1, -0.05) is 0 Å². The third-order valence-electron chi connectivity index (χ3n) is 3.37.